The lowest BCUT2D eigenvalue weighted by Crippen LogP contribution is -2.45. The van der Waals surface area contributed by atoms with Gasteiger partial charge in [0.05, 0.1) is 6.10 Å². The van der Waals surface area contributed by atoms with Crippen LogP contribution in [0.1, 0.15) is 27.2 Å². The Morgan fingerprint density at radius 2 is 1.85 bits per heavy atom. The van der Waals surface area contributed by atoms with Crippen LogP contribution < -0.4 is 0 Å². The van der Waals surface area contributed by atoms with Crippen LogP contribution in [0.4, 0.5) is 0 Å². The molecule has 0 saturated carbocycles. The van der Waals surface area contributed by atoms with Crippen LogP contribution in [0.5, 0.6) is 0 Å². The Morgan fingerprint density at radius 1 is 1.23 bits per heavy atom. The molecule has 1 fully saturated rings. The molecule has 1 rings (SSSR count). The van der Waals surface area contributed by atoms with Gasteiger partial charge in [0, 0.05) is 20.2 Å². The van der Waals surface area contributed by atoms with Crippen LogP contribution in [0.25, 0.3) is 0 Å². The Morgan fingerprint density at radius 3 is 2.31 bits per heavy atom. The molecular formula is C11H23NO. The lowest BCUT2D eigenvalue weighted by molar-refractivity contribution is -0.0106. The molecule has 78 valence electrons. The van der Waals surface area contributed by atoms with Crippen molar-refractivity contribution in [2.45, 2.75) is 33.3 Å². The lowest BCUT2D eigenvalue weighted by atomic mass is 9.75. The standard InChI is InChI=1S/C11H23NO/c1-11(2,3)9-6-10(13-5)8-12(4)7-9/h9-10H,6-8H2,1-5H3. The first-order valence-corrected chi connectivity index (χ1v) is 5.15. The summed E-state index contributed by atoms with van der Waals surface area (Å²) in [5, 5.41) is 0. The summed E-state index contributed by atoms with van der Waals surface area (Å²) in [6.07, 6.45) is 1.65. The summed E-state index contributed by atoms with van der Waals surface area (Å²) >= 11 is 0. The second-order valence-electron chi connectivity index (χ2n) is 5.38. The van der Waals surface area contributed by atoms with Gasteiger partial charge in [0.1, 0.15) is 0 Å². The van der Waals surface area contributed by atoms with Gasteiger partial charge in [-0.3, -0.25) is 0 Å². The van der Waals surface area contributed by atoms with Gasteiger partial charge in [0.2, 0.25) is 0 Å². The van der Waals surface area contributed by atoms with Crippen molar-refractivity contribution in [2.24, 2.45) is 11.3 Å². The van der Waals surface area contributed by atoms with Crippen LogP contribution in [0.2, 0.25) is 0 Å². The van der Waals surface area contributed by atoms with Gasteiger partial charge in [-0.15, -0.1) is 0 Å². The highest BCUT2D eigenvalue weighted by atomic mass is 16.5. The molecule has 2 unspecified atom stereocenters. The van der Waals surface area contributed by atoms with Crippen molar-refractivity contribution in [1.82, 2.24) is 4.90 Å². The first kappa shape index (κ1) is 11.0. The molecule has 1 aliphatic rings. The van der Waals surface area contributed by atoms with Gasteiger partial charge in [-0.1, -0.05) is 20.8 Å². The molecular weight excluding hydrogens is 162 g/mol. The van der Waals surface area contributed by atoms with Gasteiger partial charge in [0.25, 0.3) is 0 Å². The molecule has 2 heteroatoms. The number of hydrogen-bond acceptors (Lipinski definition) is 2. The zero-order valence-electron chi connectivity index (χ0n) is 9.63. The normalized spacial score (nSPS) is 32.1. The zero-order chi connectivity index (χ0) is 10.1. The minimum absolute atomic E-state index is 0.408. The minimum Gasteiger partial charge on any atom is -0.380 e. The Kier molecular flexibility index (Phi) is 3.36. The Balaban J connectivity index is 2.57. The van der Waals surface area contributed by atoms with Crippen LogP contribution in [-0.4, -0.2) is 38.3 Å². The van der Waals surface area contributed by atoms with E-state index in [9.17, 15) is 0 Å². The van der Waals surface area contributed by atoms with Crippen molar-refractivity contribution in [3.8, 4) is 0 Å². The van der Waals surface area contributed by atoms with Crippen LogP contribution in [-0.2, 0) is 4.74 Å². The smallest absolute Gasteiger partial charge is 0.0701 e. The van der Waals surface area contributed by atoms with Gasteiger partial charge in [0.15, 0.2) is 0 Å². The van der Waals surface area contributed by atoms with E-state index in [-0.39, 0.29) is 0 Å². The molecule has 1 saturated heterocycles. The number of nitrogens with zero attached hydrogens (tertiary/aromatic N) is 1. The van der Waals surface area contributed by atoms with Crippen molar-refractivity contribution >= 4 is 0 Å². The second kappa shape index (κ2) is 3.97. The molecule has 0 bridgehead atoms. The van der Waals surface area contributed by atoms with Gasteiger partial charge >= 0.3 is 0 Å². The molecule has 0 aliphatic carbocycles. The van der Waals surface area contributed by atoms with Crippen molar-refractivity contribution in [1.29, 1.82) is 0 Å². The van der Waals surface area contributed by atoms with Crippen LogP contribution in [0, 0.1) is 11.3 Å². The van der Waals surface area contributed by atoms with Crippen LogP contribution in [0.3, 0.4) is 0 Å². The Hall–Kier alpha value is -0.0800. The van der Waals surface area contributed by atoms with Crippen LogP contribution >= 0.6 is 0 Å². The highest BCUT2D eigenvalue weighted by Gasteiger charge is 2.32. The summed E-state index contributed by atoms with van der Waals surface area (Å²) in [6.45, 7) is 9.27. The van der Waals surface area contributed by atoms with E-state index in [1.54, 1.807) is 0 Å². The number of likely N-dealkylation sites (tertiary alicyclic amines) is 1. The summed E-state index contributed by atoms with van der Waals surface area (Å²) in [4.78, 5) is 2.38. The predicted molar refractivity (Wildman–Crippen MR) is 55.9 cm³/mol. The average Bonchev–Trinajstić information content (AvgIpc) is 2.01. The third kappa shape index (κ3) is 2.96. The van der Waals surface area contributed by atoms with Gasteiger partial charge in [-0.25, -0.2) is 0 Å². The van der Waals surface area contributed by atoms with Gasteiger partial charge in [-0.2, -0.15) is 0 Å². The molecule has 1 heterocycles. The van der Waals surface area contributed by atoms with E-state index in [0.29, 0.717) is 11.5 Å². The highest BCUT2D eigenvalue weighted by Crippen LogP contribution is 2.33. The summed E-state index contributed by atoms with van der Waals surface area (Å²) in [5.41, 5.74) is 0.408. The molecule has 0 aromatic carbocycles. The molecule has 0 N–H and O–H groups in total. The maximum Gasteiger partial charge on any atom is 0.0701 e. The monoisotopic (exact) mass is 185 g/mol. The fourth-order valence-electron chi connectivity index (χ4n) is 2.06. The second-order valence-corrected chi connectivity index (χ2v) is 5.38. The summed E-state index contributed by atoms with van der Waals surface area (Å²) in [6, 6.07) is 0. The maximum absolute atomic E-state index is 5.45. The molecule has 2 nitrogen and oxygen atoms in total. The van der Waals surface area contributed by atoms with Gasteiger partial charge in [-0.05, 0) is 24.8 Å². The summed E-state index contributed by atoms with van der Waals surface area (Å²) in [5.74, 6) is 0.760. The number of likely N-dealkylation sites (N-methyl/N-ethyl adjacent to an activating group) is 1. The number of piperidine rings is 1. The molecule has 1 aliphatic heterocycles. The maximum atomic E-state index is 5.45. The fraction of sp³-hybridized carbons (Fsp3) is 1.00. The quantitative estimate of drug-likeness (QED) is 0.619. The van der Waals surface area contributed by atoms with Crippen LogP contribution in [0.15, 0.2) is 0 Å². The zero-order valence-corrected chi connectivity index (χ0v) is 9.63. The number of rotatable bonds is 1. The molecule has 13 heavy (non-hydrogen) atoms. The first-order chi connectivity index (χ1) is 5.93. The Labute approximate surface area is 82.3 Å². The van der Waals surface area contributed by atoms with E-state index in [1.165, 1.54) is 13.0 Å². The van der Waals surface area contributed by atoms with Crippen molar-refractivity contribution < 1.29 is 4.74 Å². The van der Waals surface area contributed by atoms with E-state index >= 15 is 0 Å². The fourth-order valence-corrected chi connectivity index (χ4v) is 2.06. The third-order valence-corrected chi connectivity index (χ3v) is 3.15. The lowest BCUT2D eigenvalue weighted by Gasteiger charge is -2.41. The number of ether oxygens (including phenoxy) is 1. The third-order valence-electron chi connectivity index (χ3n) is 3.15. The largest absolute Gasteiger partial charge is 0.380 e. The van der Waals surface area contributed by atoms with Crippen molar-refractivity contribution in [2.75, 3.05) is 27.2 Å². The van der Waals surface area contributed by atoms with Gasteiger partial charge < -0.3 is 9.64 Å². The predicted octanol–water partition coefficient (Wildman–Crippen LogP) is 2.00. The molecule has 0 aromatic rings. The molecule has 0 amide bonds. The molecule has 0 aromatic heterocycles. The number of methoxy groups -OCH3 is 1. The van der Waals surface area contributed by atoms with E-state index in [4.69, 9.17) is 4.74 Å². The highest BCUT2D eigenvalue weighted by molar-refractivity contribution is 4.84. The molecule has 2 atom stereocenters. The van der Waals surface area contributed by atoms with E-state index in [1.807, 2.05) is 7.11 Å². The summed E-state index contributed by atoms with van der Waals surface area (Å²) in [7, 11) is 4.01. The SMILES string of the molecule is COC1CC(C(C)(C)C)CN(C)C1. The number of hydrogen-bond donors (Lipinski definition) is 0. The van der Waals surface area contributed by atoms with E-state index < -0.39 is 0 Å². The van der Waals surface area contributed by atoms with Crippen molar-refractivity contribution in [3.63, 3.8) is 0 Å². The van der Waals surface area contributed by atoms with E-state index in [0.717, 1.165) is 12.5 Å². The minimum atomic E-state index is 0.408. The van der Waals surface area contributed by atoms with Crippen molar-refractivity contribution in [3.05, 3.63) is 0 Å². The molecule has 0 radical (unpaired) electrons. The summed E-state index contributed by atoms with van der Waals surface area (Å²) < 4.78 is 5.45. The average molecular weight is 185 g/mol. The first-order valence-electron chi connectivity index (χ1n) is 5.15. The van der Waals surface area contributed by atoms with E-state index in [2.05, 4.69) is 32.7 Å². The Bertz CT molecular complexity index is 162. The topological polar surface area (TPSA) is 12.5 Å². The molecule has 0 spiro atoms.